The first-order chi connectivity index (χ1) is 9.17. The SMILES string of the molecule is COCCn1c(CBr)nnc1-c1cc(C)ccc1C. The van der Waals surface area contributed by atoms with E-state index in [1.165, 1.54) is 11.1 Å². The molecule has 0 spiro atoms. The molecule has 2 rings (SSSR count). The van der Waals surface area contributed by atoms with Crippen LogP contribution in [0.2, 0.25) is 0 Å². The molecule has 1 heterocycles. The summed E-state index contributed by atoms with van der Waals surface area (Å²) in [5.74, 6) is 1.83. The number of halogens is 1. The summed E-state index contributed by atoms with van der Waals surface area (Å²) in [5, 5.41) is 9.27. The molecule has 5 heteroatoms. The Bertz CT molecular complexity index is 566. The minimum atomic E-state index is 0.649. The number of benzene rings is 1. The average Bonchev–Trinajstić information content (AvgIpc) is 2.81. The highest BCUT2D eigenvalue weighted by molar-refractivity contribution is 9.08. The first kappa shape index (κ1) is 14.2. The number of hydrogen-bond acceptors (Lipinski definition) is 3. The zero-order chi connectivity index (χ0) is 13.8. The van der Waals surface area contributed by atoms with Gasteiger partial charge in [-0.3, -0.25) is 0 Å². The molecule has 0 N–H and O–H groups in total. The van der Waals surface area contributed by atoms with E-state index in [0.29, 0.717) is 11.9 Å². The van der Waals surface area contributed by atoms with Crippen molar-refractivity contribution in [1.82, 2.24) is 14.8 Å². The lowest BCUT2D eigenvalue weighted by Gasteiger charge is -2.11. The summed E-state index contributed by atoms with van der Waals surface area (Å²) in [7, 11) is 1.70. The topological polar surface area (TPSA) is 39.9 Å². The molecule has 4 nitrogen and oxygen atoms in total. The van der Waals surface area contributed by atoms with Gasteiger partial charge in [0, 0.05) is 19.2 Å². The van der Waals surface area contributed by atoms with Crippen LogP contribution in [0.1, 0.15) is 17.0 Å². The van der Waals surface area contributed by atoms with Gasteiger partial charge in [-0.15, -0.1) is 10.2 Å². The van der Waals surface area contributed by atoms with Gasteiger partial charge in [-0.2, -0.15) is 0 Å². The van der Waals surface area contributed by atoms with Crippen molar-refractivity contribution in [3.05, 3.63) is 35.2 Å². The zero-order valence-corrected chi connectivity index (χ0v) is 13.1. The molecule has 0 unspecified atom stereocenters. The Morgan fingerprint density at radius 3 is 2.74 bits per heavy atom. The summed E-state index contributed by atoms with van der Waals surface area (Å²) in [4.78, 5) is 0. The predicted molar refractivity (Wildman–Crippen MR) is 79.4 cm³/mol. The number of nitrogens with zero attached hydrogens (tertiary/aromatic N) is 3. The molecule has 0 saturated heterocycles. The summed E-state index contributed by atoms with van der Waals surface area (Å²) < 4.78 is 7.28. The number of aryl methyl sites for hydroxylation is 2. The fraction of sp³-hybridized carbons (Fsp3) is 0.429. The Labute approximate surface area is 121 Å². The minimum Gasteiger partial charge on any atom is -0.383 e. The lowest BCUT2D eigenvalue weighted by atomic mass is 10.1. The molecule has 102 valence electrons. The maximum atomic E-state index is 5.17. The van der Waals surface area contributed by atoms with Gasteiger partial charge < -0.3 is 9.30 Å². The number of alkyl halides is 1. The second kappa shape index (κ2) is 6.30. The van der Waals surface area contributed by atoms with E-state index in [0.717, 1.165) is 23.8 Å². The van der Waals surface area contributed by atoms with Crippen LogP contribution in [-0.4, -0.2) is 28.5 Å². The molecule has 0 saturated carbocycles. The number of aromatic nitrogens is 3. The fourth-order valence-corrected chi connectivity index (χ4v) is 2.44. The Balaban J connectivity index is 2.49. The molecule has 1 aromatic carbocycles. The Kier molecular flexibility index (Phi) is 4.71. The number of hydrogen-bond donors (Lipinski definition) is 0. The number of rotatable bonds is 5. The summed E-state index contributed by atoms with van der Waals surface area (Å²) in [6, 6.07) is 6.38. The molecule has 0 aliphatic carbocycles. The van der Waals surface area contributed by atoms with Crippen molar-refractivity contribution in [3.8, 4) is 11.4 Å². The molecule has 2 aromatic rings. The van der Waals surface area contributed by atoms with Gasteiger partial charge >= 0.3 is 0 Å². The van der Waals surface area contributed by atoms with Crippen LogP contribution in [0.3, 0.4) is 0 Å². The second-order valence-electron chi connectivity index (χ2n) is 4.54. The van der Waals surface area contributed by atoms with E-state index >= 15 is 0 Å². The van der Waals surface area contributed by atoms with E-state index in [1.54, 1.807) is 7.11 Å². The summed E-state index contributed by atoms with van der Waals surface area (Å²) >= 11 is 3.45. The van der Waals surface area contributed by atoms with Gasteiger partial charge in [0.15, 0.2) is 5.82 Å². The molecule has 0 radical (unpaired) electrons. The van der Waals surface area contributed by atoms with E-state index in [1.807, 2.05) is 0 Å². The molecular formula is C14H18BrN3O. The van der Waals surface area contributed by atoms with E-state index in [4.69, 9.17) is 4.74 Å². The lowest BCUT2D eigenvalue weighted by Crippen LogP contribution is -2.09. The van der Waals surface area contributed by atoms with Crippen LogP contribution in [0.15, 0.2) is 18.2 Å². The largest absolute Gasteiger partial charge is 0.383 e. The summed E-state index contributed by atoms with van der Waals surface area (Å²) in [6.07, 6.45) is 0. The maximum absolute atomic E-state index is 5.17. The molecular weight excluding hydrogens is 306 g/mol. The monoisotopic (exact) mass is 323 g/mol. The smallest absolute Gasteiger partial charge is 0.164 e. The van der Waals surface area contributed by atoms with E-state index in [9.17, 15) is 0 Å². The third-order valence-corrected chi connectivity index (χ3v) is 3.60. The van der Waals surface area contributed by atoms with Crippen LogP contribution >= 0.6 is 15.9 Å². The third kappa shape index (κ3) is 3.04. The number of methoxy groups -OCH3 is 1. The Morgan fingerprint density at radius 2 is 2.05 bits per heavy atom. The van der Waals surface area contributed by atoms with Crippen molar-refractivity contribution in [2.75, 3.05) is 13.7 Å². The zero-order valence-electron chi connectivity index (χ0n) is 11.5. The molecule has 19 heavy (non-hydrogen) atoms. The van der Waals surface area contributed by atoms with E-state index in [2.05, 4.69) is 62.7 Å². The summed E-state index contributed by atoms with van der Waals surface area (Å²) in [5.41, 5.74) is 3.57. The van der Waals surface area contributed by atoms with Gasteiger partial charge in [0.05, 0.1) is 11.9 Å². The van der Waals surface area contributed by atoms with Crippen molar-refractivity contribution in [3.63, 3.8) is 0 Å². The first-order valence-electron chi connectivity index (χ1n) is 6.22. The van der Waals surface area contributed by atoms with Crippen LogP contribution < -0.4 is 0 Å². The van der Waals surface area contributed by atoms with Crippen LogP contribution in [0, 0.1) is 13.8 Å². The lowest BCUT2D eigenvalue weighted by molar-refractivity contribution is 0.187. The van der Waals surface area contributed by atoms with Crippen molar-refractivity contribution in [1.29, 1.82) is 0 Å². The molecule has 1 aromatic heterocycles. The molecule has 0 aliphatic heterocycles. The summed E-state index contributed by atoms with van der Waals surface area (Å²) in [6.45, 7) is 5.59. The normalized spacial score (nSPS) is 10.9. The van der Waals surface area contributed by atoms with Gasteiger partial charge in [-0.25, -0.2) is 0 Å². The molecule has 0 aliphatic rings. The highest BCUT2D eigenvalue weighted by Crippen LogP contribution is 2.24. The van der Waals surface area contributed by atoms with E-state index in [-0.39, 0.29) is 0 Å². The van der Waals surface area contributed by atoms with Gasteiger partial charge in [0.2, 0.25) is 0 Å². The van der Waals surface area contributed by atoms with Crippen molar-refractivity contribution in [2.45, 2.75) is 25.7 Å². The minimum absolute atomic E-state index is 0.649. The third-order valence-electron chi connectivity index (χ3n) is 3.10. The Hall–Kier alpha value is -1.20. The van der Waals surface area contributed by atoms with Gasteiger partial charge in [-0.1, -0.05) is 33.6 Å². The van der Waals surface area contributed by atoms with Crippen LogP contribution in [0.4, 0.5) is 0 Å². The van der Waals surface area contributed by atoms with E-state index < -0.39 is 0 Å². The molecule has 0 bridgehead atoms. The average molecular weight is 324 g/mol. The second-order valence-corrected chi connectivity index (χ2v) is 5.10. The highest BCUT2D eigenvalue weighted by atomic mass is 79.9. The number of ether oxygens (including phenoxy) is 1. The van der Waals surface area contributed by atoms with Crippen molar-refractivity contribution in [2.24, 2.45) is 0 Å². The van der Waals surface area contributed by atoms with Gasteiger partial charge in [0.25, 0.3) is 0 Å². The standard InChI is InChI=1S/C14H18BrN3O/c1-10-4-5-11(2)12(8-10)14-17-16-13(9-15)18(14)6-7-19-3/h4-5,8H,6-7,9H2,1-3H3. The quantitative estimate of drug-likeness (QED) is 0.794. The Morgan fingerprint density at radius 1 is 1.26 bits per heavy atom. The van der Waals surface area contributed by atoms with Gasteiger partial charge in [0.1, 0.15) is 5.82 Å². The first-order valence-corrected chi connectivity index (χ1v) is 7.34. The van der Waals surface area contributed by atoms with Crippen molar-refractivity contribution < 1.29 is 4.74 Å². The molecule has 0 atom stereocenters. The van der Waals surface area contributed by atoms with Gasteiger partial charge in [-0.05, 0) is 25.5 Å². The highest BCUT2D eigenvalue weighted by Gasteiger charge is 2.14. The maximum Gasteiger partial charge on any atom is 0.164 e. The molecule has 0 fully saturated rings. The van der Waals surface area contributed by atoms with Crippen LogP contribution in [0.25, 0.3) is 11.4 Å². The van der Waals surface area contributed by atoms with Crippen molar-refractivity contribution >= 4 is 15.9 Å². The molecule has 0 amide bonds. The van der Waals surface area contributed by atoms with Crippen LogP contribution in [0.5, 0.6) is 0 Å². The fourth-order valence-electron chi connectivity index (χ4n) is 2.03. The van der Waals surface area contributed by atoms with Crippen LogP contribution in [-0.2, 0) is 16.6 Å². The predicted octanol–water partition coefficient (Wildman–Crippen LogP) is 3.10.